The van der Waals surface area contributed by atoms with Crippen LogP contribution in [-0.4, -0.2) is 15.8 Å². The van der Waals surface area contributed by atoms with E-state index in [-0.39, 0.29) is 17.3 Å². The molecule has 23 heavy (non-hydrogen) atoms. The van der Waals surface area contributed by atoms with Gasteiger partial charge in [-0.25, -0.2) is 0 Å². The van der Waals surface area contributed by atoms with Gasteiger partial charge in [0.25, 0.3) is 11.4 Å². The van der Waals surface area contributed by atoms with Gasteiger partial charge in [-0.2, -0.15) is 0 Å². The third kappa shape index (κ3) is 3.88. The molecule has 0 unspecified atom stereocenters. The Morgan fingerprint density at radius 2 is 1.35 bits per heavy atom. The number of nitro groups is 2. The predicted octanol–water partition coefficient (Wildman–Crippen LogP) is 3.25. The van der Waals surface area contributed by atoms with E-state index in [9.17, 15) is 25.0 Å². The van der Waals surface area contributed by atoms with E-state index in [1.807, 2.05) is 0 Å². The van der Waals surface area contributed by atoms with Crippen molar-refractivity contribution < 1.29 is 14.6 Å². The lowest BCUT2D eigenvalue weighted by atomic mass is 10.00. The van der Waals surface area contributed by atoms with Crippen LogP contribution in [0.15, 0.2) is 48.5 Å². The average Bonchev–Trinajstić information content (AvgIpc) is 2.54. The van der Waals surface area contributed by atoms with Crippen molar-refractivity contribution in [3.8, 4) is 0 Å². The van der Waals surface area contributed by atoms with Crippen molar-refractivity contribution in [2.75, 3.05) is 5.32 Å². The highest BCUT2D eigenvalue weighted by atomic mass is 16.6. The van der Waals surface area contributed by atoms with Crippen molar-refractivity contribution in [1.29, 1.82) is 0 Å². The molecule has 8 nitrogen and oxygen atoms in total. The van der Waals surface area contributed by atoms with Gasteiger partial charge in [0.2, 0.25) is 5.91 Å². The van der Waals surface area contributed by atoms with E-state index in [1.54, 1.807) is 6.92 Å². The number of hydrogen-bond donors (Lipinski definition) is 1. The monoisotopic (exact) mass is 315 g/mol. The zero-order valence-electron chi connectivity index (χ0n) is 12.1. The summed E-state index contributed by atoms with van der Waals surface area (Å²) >= 11 is 0. The highest BCUT2D eigenvalue weighted by molar-refractivity contribution is 5.95. The van der Waals surface area contributed by atoms with Gasteiger partial charge in [-0.05, 0) is 24.6 Å². The molecule has 0 aromatic heterocycles. The number of anilines is 1. The third-order valence-electron chi connectivity index (χ3n) is 3.34. The summed E-state index contributed by atoms with van der Waals surface area (Å²) in [5.41, 5.74) is 0.965. The summed E-state index contributed by atoms with van der Waals surface area (Å²) in [6.45, 7) is 1.67. The predicted molar refractivity (Wildman–Crippen MR) is 83.2 cm³/mol. The summed E-state index contributed by atoms with van der Waals surface area (Å²) in [7, 11) is 0. The summed E-state index contributed by atoms with van der Waals surface area (Å²) in [4.78, 5) is 32.3. The number of benzene rings is 2. The van der Waals surface area contributed by atoms with E-state index >= 15 is 0 Å². The number of carbonyl (C=O) groups is 1. The first-order valence-electron chi connectivity index (χ1n) is 6.68. The molecule has 0 aliphatic rings. The molecular weight excluding hydrogens is 302 g/mol. The summed E-state index contributed by atoms with van der Waals surface area (Å²) < 4.78 is 0. The average molecular weight is 315 g/mol. The van der Waals surface area contributed by atoms with Crippen LogP contribution in [0.1, 0.15) is 18.4 Å². The minimum Gasteiger partial charge on any atom is -0.326 e. The van der Waals surface area contributed by atoms with Crippen molar-refractivity contribution in [3.63, 3.8) is 0 Å². The fourth-order valence-electron chi connectivity index (χ4n) is 1.95. The zero-order chi connectivity index (χ0) is 17.0. The van der Waals surface area contributed by atoms with Gasteiger partial charge in [-0.1, -0.05) is 12.1 Å². The first-order valence-corrected chi connectivity index (χ1v) is 6.68. The number of rotatable bonds is 5. The lowest BCUT2D eigenvalue weighted by Gasteiger charge is -2.12. The quantitative estimate of drug-likeness (QED) is 0.671. The van der Waals surface area contributed by atoms with E-state index in [0.29, 0.717) is 11.3 Å². The Balaban J connectivity index is 2.07. The second-order valence-corrected chi connectivity index (χ2v) is 4.86. The lowest BCUT2D eigenvalue weighted by molar-refractivity contribution is -0.385. The van der Waals surface area contributed by atoms with Gasteiger partial charge < -0.3 is 5.32 Å². The molecule has 1 amide bonds. The van der Waals surface area contributed by atoms with Crippen molar-refractivity contribution in [3.05, 3.63) is 74.3 Å². The Morgan fingerprint density at radius 1 is 0.913 bits per heavy atom. The van der Waals surface area contributed by atoms with Crippen molar-refractivity contribution in [1.82, 2.24) is 0 Å². The first kappa shape index (κ1) is 16.1. The molecule has 0 bridgehead atoms. The van der Waals surface area contributed by atoms with Crippen LogP contribution in [0.2, 0.25) is 0 Å². The number of hydrogen-bond acceptors (Lipinski definition) is 5. The number of amides is 1. The summed E-state index contributed by atoms with van der Waals surface area (Å²) in [6.07, 6.45) is 0. The van der Waals surface area contributed by atoms with E-state index in [4.69, 9.17) is 0 Å². The van der Waals surface area contributed by atoms with Crippen LogP contribution < -0.4 is 5.32 Å². The molecule has 0 spiro atoms. The molecule has 0 radical (unpaired) electrons. The van der Waals surface area contributed by atoms with Gasteiger partial charge in [0.1, 0.15) is 0 Å². The maximum Gasteiger partial charge on any atom is 0.269 e. The van der Waals surface area contributed by atoms with E-state index in [2.05, 4.69) is 5.32 Å². The van der Waals surface area contributed by atoms with Crippen LogP contribution in [0.3, 0.4) is 0 Å². The third-order valence-corrected chi connectivity index (χ3v) is 3.34. The van der Waals surface area contributed by atoms with Crippen LogP contribution in [0.4, 0.5) is 17.1 Å². The van der Waals surface area contributed by atoms with Crippen molar-refractivity contribution in [2.45, 2.75) is 12.8 Å². The van der Waals surface area contributed by atoms with Crippen molar-refractivity contribution in [2.24, 2.45) is 0 Å². The molecule has 0 aliphatic heterocycles. The highest BCUT2D eigenvalue weighted by Gasteiger charge is 2.17. The Labute approximate surface area is 131 Å². The molecule has 2 rings (SSSR count). The number of non-ortho nitro benzene ring substituents is 2. The smallest absolute Gasteiger partial charge is 0.269 e. The van der Waals surface area contributed by atoms with E-state index in [1.165, 1.54) is 48.5 Å². The van der Waals surface area contributed by atoms with Gasteiger partial charge in [0, 0.05) is 30.0 Å². The molecule has 0 saturated carbocycles. The molecule has 2 aromatic carbocycles. The Bertz CT molecular complexity index is 741. The fraction of sp³-hybridized carbons (Fsp3) is 0.133. The maximum atomic E-state index is 12.2. The highest BCUT2D eigenvalue weighted by Crippen LogP contribution is 2.22. The number of nitrogens with zero attached hydrogens (tertiary/aromatic N) is 2. The van der Waals surface area contributed by atoms with Gasteiger partial charge in [0.05, 0.1) is 15.8 Å². The second kappa shape index (κ2) is 6.65. The van der Waals surface area contributed by atoms with E-state index < -0.39 is 15.8 Å². The molecule has 0 saturated heterocycles. The van der Waals surface area contributed by atoms with Crippen LogP contribution >= 0.6 is 0 Å². The van der Waals surface area contributed by atoms with E-state index in [0.717, 1.165) is 0 Å². The second-order valence-electron chi connectivity index (χ2n) is 4.86. The van der Waals surface area contributed by atoms with Crippen LogP contribution in [0.25, 0.3) is 0 Å². The normalized spacial score (nSPS) is 11.5. The minimum absolute atomic E-state index is 0.0447. The van der Waals surface area contributed by atoms with Crippen LogP contribution in [-0.2, 0) is 4.79 Å². The Morgan fingerprint density at radius 3 is 1.78 bits per heavy atom. The number of nitrogens with one attached hydrogen (secondary N) is 1. The molecule has 8 heteroatoms. The minimum atomic E-state index is -0.523. The molecule has 0 fully saturated rings. The Hall–Kier alpha value is -3.29. The number of nitro benzene ring substituents is 2. The molecule has 1 atom stereocenters. The SMILES string of the molecule is C[C@@H](C(=O)Nc1ccc([N+](=O)[O-])cc1)c1ccc([N+](=O)[O-])cc1. The molecule has 118 valence electrons. The maximum absolute atomic E-state index is 12.2. The standard InChI is InChI=1S/C15H13N3O5/c1-10(11-2-6-13(7-3-11)17(20)21)15(19)16-12-4-8-14(9-5-12)18(22)23/h2-10H,1H3,(H,16,19)/t10-/m1/s1. The molecule has 2 aromatic rings. The Kier molecular flexibility index (Phi) is 4.65. The van der Waals surface area contributed by atoms with Crippen LogP contribution in [0, 0.1) is 20.2 Å². The summed E-state index contributed by atoms with van der Waals surface area (Å²) in [5.74, 6) is -0.835. The van der Waals surface area contributed by atoms with Gasteiger partial charge in [-0.3, -0.25) is 25.0 Å². The summed E-state index contributed by atoms with van der Waals surface area (Å²) in [6, 6.07) is 11.2. The van der Waals surface area contributed by atoms with Gasteiger partial charge >= 0.3 is 0 Å². The fourth-order valence-corrected chi connectivity index (χ4v) is 1.95. The zero-order valence-corrected chi connectivity index (χ0v) is 12.1. The lowest BCUT2D eigenvalue weighted by Crippen LogP contribution is -2.18. The van der Waals surface area contributed by atoms with Crippen LogP contribution in [0.5, 0.6) is 0 Å². The van der Waals surface area contributed by atoms with Crippen molar-refractivity contribution >= 4 is 23.0 Å². The van der Waals surface area contributed by atoms with Gasteiger partial charge in [-0.15, -0.1) is 0 Å². The molecular formula is C15H13N3O5. The number of carbonyl (C=O) groups excluding carboxylic acids is 1. The molecule has 0 aliphatic carbocycles. The molecule has 0 heterocycles. The van der Waals surface area contributed by atoms with Gasteiger partial charge in [0.15, 0.2) is 0 Å². The topological polar surface area (TPSA) is 115 Å². The molecule has 1 N–H and O–H groups in total. The first-order chi connectivity index (χ1) is 10.9. The summed E-state index contributed by atoms with van der Waals surface area (Å²) in [5, 5.41) is 23.8. The largest absolute Gasteiger partial charge is 0.326 e.